The van der Waals surface area contributed by atoms with Gasteiger partial charge in [0.15, 0.2) is 11.2 Å². The Morgan fingerprint density at radius 3 is 2.85 bits per heavy atom. The molecule has 1 aliphatic carbocycles. The Morgan fingerprint density at radius 1 is 1.21 bits per heavy atom. The summed E-state index contributed by atoms with van der Waals surface area (Å²) in [5.41, 5.74) is 1.13. The fourth-order valence-corrected chi connectivity index (χ4v) is 5.10. The lowest BCUT2D eigenvalue weighted by atomic mass is 9.83. The largest absolute Gasteiger partial charge is 0.390 e. The molecule has 2 aliphatic rings. The molecular weight excluding hydrogens is 420 g/mol. The molecule has 0 amide bonds. The zero-order chi connectivity index (χ0) is 23.0. The van der Waals surface area contributed by atoms with E-state index in [2.05, 4.69) is 9.97 Å². The fraction of sp³-hybridized carbons (Fsp3) is 0.346. The monoisotopic (exact) mass is 446 g/mol. The molecule has 1 aliphatic heterocycles. The van der Waals surface area contributed by atoms with E-state index in [1.54, 1.807) is 24.7 Å². The normalized spacial score (nSPS) is 26.7. The third kappa shape index (κ3) is 3.93. The van der Waals surface area contributed by atoms with Gasteiger partial charge in [0.05, 0.1) is 23.9 Å². The molecule has 7 nitrogen and oxygen atoms in total. The van der Waals surface area contributed by atoms with Crippen molar-refractivity contribution >= 4 is 5.78 Å². The topological polar surface area (TPSA) is 113 Å². The third-order valence-electron chi connectivity index (χ3n) is 6.91. The van der Waals surface area contributed by atoms with Crippen molar-refractivity contribution < 1.29 is 19.7 Å². The smallest absolute Gasteiger partial charge is 0.200 e. The molecule has 3 N–H and O–H groups in total. The molecule has 33 heavy (non-hydrogen) atoms. The summed E-state index contributed by atoms with van der Waals surface area (Å²) < 4.78 is 6.18. The number of nitrogens with one attached hydrogen (secondary N) is 1. The Hall–Kier alpha value is -3.13. The van der Waals surface area contributed by atoms with Gasteiger partial charge in [-0.3, -0.25) is 14.6 Å². The van der Waals surface area contributed by atoms with Crippen molar-refractivity contribution in [3.8, 4) is 11.1 Å². The molecule has 0 unspecified atom stereocenters. The van der Waals surface area contributed by atoms with Crippen LogP contribution in [0.2, 0.25) is 0 Å². The number of aliphatic hydroxyl groups is 2. The second-order valence-corrected chi connectivity index (χ2v) is 8.90. The number of aromatic nitrogens is 2. The van der Waals surface area contributed by atoms with Crippen molar-refractivity contribution in [3.05, 3.63) is 88.1 Å². The lowest BCUT2D eigenvalue weighted by Gasteiger charge is -2.43. The van der Waals surface area contributed by atoms with E-state index in [4.69, 9.17) is 4.74 Å². The fourth-order valence-electron chi connectivity index (χ4n) is 5.10. The van der Waals surface area contributed by atoms with Gasteiger partial charge in [-0.1, -0.05) is 30.3 Å². The van der Waals surface area contributed by atoms with E-state index >= 15 is 0 Å². The van der Waals surface area contributed by atoms with Crippen LogP contribution in [0.4, 0.5) is 0 Å². The molecule has 7 heteroatoms. The number of carbonyl (C=O) groups is 1. The molecule has 0 radical (unpaired) electrons. The molecule has 2 aromatic heterocycles. The van der Waals surface area contributed by atoms with Crippen LogP contribution in [0.1, 0.15) is 53.3 Å². The SMILES string of the molecule is O=C(Cc1cnccc1[C@@H]1C[C@H](O)[C@]2(O)CCC[C@@H]2O1)c1c[nH]cc(-c2ccccc2)c1=O. The van der Waals surface area contributed by atoms with Crippen LogP contribution >= 0.6 is 0 Å². The highest BCUT2D eigenvalue weighted by atomic mass is 16.5. The molecule has 3 heterocycles. The van der Waals surface area contributed by atoms with Crippen LogP contribution in [0.5, 0.6) is 0 Å². The number of pyridine rings is 2. The predicted molar refractivity (Wildman–Crippen MR) is 122 cm³/mol. The summed E-state index contributed by atoms with van der Waals surface area (Å²) in [5, 5.41) is 21.4. The highest BCUT2D eigenvalue weighted by Crippen LogP contribution is 2.45. The number of hydrogen-bond acceptors (Lipinski definition) is 6. The molecule has 1 aromatic carbocycles. The van der Waals surface area contributed by atoms with Gasteiger partial charge in [-0.25, -0.2) is 0 Å². The number of Topliss-reactive ketones (excluding diaryl/α,β-unsaturated/α-hetero) is 1. The summed E-state index contributed by atoms with van der Waals surface area (Å²) >= 11 is 0. The summed E-state index contributed by atoms with van der Waals surface area (Å²) in [5.74, 6) is -0.322. The Balaban J connectivity index is 1.42. The Kier molecular flexibility index (Phi) is 5.70. The lowest BCUT2D eigenvalue weighted by molar-refractivity contribution is -0.215. The number of rotatable bonds is 5. The van der Waals surface area contributed by atoms with Gasteiger partial charge in [-0.2, -0.15) is 0 Å². The summed E-state index contributed by atoms with van der Waals surface area (Å²) in [6.45, 7) is 0. The molecule has 4 atom stereocenters. The summed E-state index contributed by atoms with van der Waals surface area (Å²) in [7, 11) is 0. The van der Waals surface area contributed by atoms with Gasteiger partial charge < -0.3 is 19.9 Å². The summed E-state index contributed by atoms with van der Waals surface area (Å²) in [6, 6.07) is 11.0. The van der Waals surface area contributed by atoms with E-state index in [1.165, 1.54) is 6.20 Å². The van der Waals surface area contributed by atoms with Gasteiger partial charge in [-0.05, 0) is 42.0 Å². The van der Waals surface area contributed by atoms with Gasteiger partial charge in [0.1, 0.15) is 5.60 Å². The first-order valence-corrected chi connectivity index (χ1v) is 11.3. The number of hydrogen-bond donors (Lipinski definition) is 3. The van der Waals surface area contributed by atoms with Gasteiger partial charge >= 0.3 is 0 Å². The minimum Gasteiger partial charge on any atom is -0.390 e. The number of aliphatic hydroxyl groups excluding tert-OH is 1. The van der Waals surface area contributed by atoms with Gasteiger partial charge in [0, 0.05) is 43.2 Å². The maximum atomic E-state index is 13.2. The minimum absolute atomic E-state index is 0.0185. The number of fused-ring (bicyclic) bond motifs is 1. The van der Waals surface area contributed by atoms with E-state index in [-0.39, 0.29) is 29.6 Å². The van der Waals surface area contributed by atoms with E-state index in [1.807, 2.05) is 30.3 Å². The number of H-pyrrole nitrogens is 1. The van der Waals surface area contributed by atoms with E-state index in [9.17, 15) is 19.8 Å². The summed E-state index contributed by atoms with van der Waals surface area (Å²) in [6.07, 6.45) is 6.70. The standard InChI is InChI=1S/C26H26N2O5/c29-21(20-15-28-14-19(25(20)31)16-5-2-1-3-6-16)11-17-13-27-10-8-18(17)22-12-23(30)26(32)9-4-7-24(26)33-22/h1-3,5-6,8,10,13-15,22-24,30,32H,4,7,9,11-12H2,(H,28,31)/t22-,23-,24-,26+/m0/s1. The lowest BCUT2D eigenvalue weighted by Crippen LogP contribution is -2.54. The highest BCUT2D eigenvalue weighted by Gasteiger charge is 2.52. The molecule has 2 fully saturated rings. The number of benzene rings is 1. The maximum absolute atomic E-state index is 13.2. The summed E-state index contributed by atoms with van der Waals surface area (Å²) in [4.78, 5) is 33.3. The van der Waals surface area contributed by atoms with Crippen LogP contribution in [-0.4, -0.2) is 43.8 Å². The molecule has 0 spiro atoms. The molecule has 3 aromatic rings. The average Bonchev–Trinajstić information content (AvgIpc) is 3.22. The minimum atomic E-state index is -1.20. The highest BCUT2D eigenvalue weighted by molar-refractivity contribution is 5.98. The zero-order valence-corrected chi connectivity index (χ0v) is 18.1. The second kappa shape index (κ2) is 8.67. The van der Waals surface area contributed by atoms with Crippen LogP contribution in [0.25, 0.3) is 11.1 Å². The van der Waals surface area contributed by atoms with Crippen molar-refractivity contribution in [2.45, 2.75) is 56.0 Å². The van der Waals surface area contributed by atoms with E-state index < -0.39 is 23.9 Å². The molecule has 0 bridgehead atoms. The molecular formula is C26H26N2O5. The van der Waals surface area contributed by atoms with E-state index in [0.717, 1.165) is 17.5 Å². The first kappa shape index (κ1) is 21.7. The zero-order valence-electron chi connectivity index (χ0n) is 18.1. The Morgan fingerprint density at radius 2 is 2.03 bits per heavy atom. The van der Waals surface area contributed by atoms with Crippen LogP contribution < -0.4 is 5.43 Å². The number of ether oxygens (including phenoxy) is 1. The average molecular weight is 447 g/mol. The van der Waals surface area contributed by atoms with Crippen molar-refractivity contribution in [2.75, 3.05) is 0 Å². The first-order valence-electron chi connectivity index (χ1n) is 11.3. The first-order chi connectivity index (χ1) is 16.0. The van der Waals surface area contributed by atoms with Crippen LogP contribution in [0.15, 0.2) is 66.0 Å². The van der Waals surface area contributed by atoms with Crippen molar-refractivity contribution in [3.63, 3.8) is 0 Å². The molecule has 5 rings (SSSR count). The number of carbonyl (C=O) groups excluding carboxylic acids is 1. The second-order valence-electron chi connectivity index (χ2n) is 8.90. The number of aromatic amines is 1. The van der Waals surface area contributed by atoms with Crippen molar-refractivity contribution in [2.24, 2.45) is 0 Å². The van der Waals surface area contributed by atoms with Crippen LogP contribution in [0, 0.1) is 0 Å². The van der Waals surface area contributed by atoms with Gasteiger partial charge in [-0.15, -0.1) is 0 Å². The van der Waals surface area contributed by atoms with Crippen LogP contribution in [0.3, 0.4) is 0 Å². The molecule has 1 saturated carbocycles. The number of nitrogens with zero attached hydrogens (tertiary/aromatic N) is 1. The molecule has 1 saturated heterocycles. The van der Waals surface area contributed by atoms with E-state index in [0.29, 0.717) is 24.0 Å². The Bertz CT molecular complexity index is 1220. The van der Waals surface area contributed by atoms with Crippen molar-refractivity contribution in [1.82, 2.24) is 9.97 Å². The van der Waals surface area contributed by atoms with Gasteiger partial charge in [0.25, 0.3) is 0 Å². The maximum Gasteiger partial charge on any atom is 0.200 e. The van der Waals surface area contributed by atoms with Gasteiger partial charge in [0.2, 0.25) is 0 Å². The van der Waals surface area contributed by atoms with Crippen LogP contribution in [-0.2, 0) is 11.2 Å². The quantitative estimate of drug-likeness (QED) is 0.520. The van der Waals surface area contributed by atoms with Crippen molar-refractivity contribution in [1.29, 1.82) is 0 Å². The Labute approximate surface area is 191 Å². The predicted octanol–water partition coefficient (Wildman–Crippen LogP) is 2.97. The third-order valence-corrected chi connectivity index (χ3v) is 6.91. The number of ketones is 1. The molecule has 170 valence electrons.